The Bertz CT molecular complexity index is 540. The third-order valence-corrected chi connectivity index (χ3v) is 3.60. The molecule has 1 fully saturated rings. The van der Waals surface area contributed by atoms with Crippen LogP contribution in [0.3, 0.4) is 0 Å². The molecular weight excluding hydrogens is 351 g/mol. The van der Waals surface area contributed by atoms with E-state index >= 15 is 0 Å². The van der Waals surface area contributed by atoms with Gasteiger partial charge in [-0.2, -0.15) is 0 Å². The highest BCUT2D eigenvalue weighted by Crippen LogP contribution is 2.21. The van der Waals surface area contributed by atoms with Crippen molar-refractivity contribution in [3.63, 3.8) is 0 Å². The van der Waals surface area contributed by atoms with Crippen molar-refractivity contribution < 1.29 is 19.4 Å². The number of pyridine rings is 1. The number of carbonyl (C=O) groups is 2. The van der Waals surface area contributed by atoms with Crippen LogP contribution < -0.4 is 0 Å². The predicted molar refractivity (Wildman–Crippen MR) is 74.8 cm³/mol. The Morgan fingerprint density at radius 3 is 3.05 bits per heavy atom. The Kier molecular flexibility index (Phi) is 4.95. The van der Waals surface area contributed by atoms with E-state index in [0.29, 0.717) is 17.6 Å². The molecular formula is C12H12BrClN2O4. The molecule has 8 heteroatoms. The van der Waals surface area contributed by atoms with E-state index in [1.54, 1.807) is 6.07 Å². The molecule has 1 aliphatic rings. The fourth-order valence-corrected chi connectivity index (χ4v) is 2.48. The molecule has 1 saturated heterocycles. The third-order valence-electron chi connectivity index (χ3n) is 2.86. The first-order valence-electron chi connectivity index (χ1n) is 5.91. The van der Waals surface area contributed by atoms with Gasteiger partial charge in [-0.1, -0.05) is 11.6 Å². The van der Waals surface area contributed by atoms with Crippen LogP contribution in [0.25, 0.3) is 0 Å². The fraction of sp³-hybridized carbons (Fsp3) is 0.417. The van der Waals surface area contributed by atoms with Crippen LogP contribution in [0.15, 0.2) is 16.7 Å². The van der Waals surface area contributed by atoms with Crippen LogP contribution in [0.5, 0.6) is 0 Å². The van der Waals surface area contributed by atoms with Gasteiger partial charge in [0, 0.05) is 23.8 Å². The Morgan fingerprint density at radius 2 is 2.35 bits per heavy atom. The number of hydrogen-bond donors (Lipinski definition) is 1. The number of ether oxygens (including phenoxy) is 1. The molecule has 1 aliphatic heterocycles. The second kappa shape index (κ2) is 6.51. The topological polar surface area (TPSA) is 79.7 Å². The molecule has 1 N–H and O–H groups in total. The number of morpholine rings is 1. The highest BCUT2D eigenvalue weighted by molar-refractivity contribution is 9.10. The number of aromatic nitrogens is 1. The second-order valence-electron chi connectivity index (χ2n) is 4.33. The van der Waals surface area contributed by atoms with Crippen LogP contribution >= 0.6 is 27.5 Å². The molecule has 1 unspecified atom stereocenters. The number of amides is 1. The van der Waals surface area contributed by atoms with E-state index in [2.05, 4.69) is 20.9 Å². The molecule has 0 bridgehead atoms. The molecule has 108 valence electrons. The second-order valence-corrected chi connectivity index (χ2v) is 5.61. The first-order chi connectivity index (χ1) is 9.47. The van der Waals surface area contributed by atoms with Gasteiger partial charge in [-0.3, -0.25) is 9.59 Å². The molecule has 2 heterocycles. The zero-order valence-corrected chi connectivity index (χ0v) is 12.7. The normalized spacial score (nSPS) is 18.9. The highest BCUT2D eigenvalue weighted by Gasteiger charge is 2.27. The van der Waals surface area contributed by atoms with Gasteiger partial charge in [-0.15, -0.1) is 0 Å². The van der Waals surface area contributed by atoms with Gasteiger partial charge in [0.2, 0.25) is 0 Å². The molecule has 1 aromatic heterocycles. The number of rotatable bonds is 3. The minimum Gasteiger partial charge on any atom is -0.481 e. The summed E-state index contributed by atoms with van der Waals surface area (Å²) in [6.07, 6.45) is 0.879. The maximum absolute atomic E-state index is 12.4. The Labute approximate surface area is 128 Å². The Morgan fingerprint density at radius 1 is 1.60 bits per heavy atom. The Hall–Kier alpha value is -1.18. The van der Waals surface area contributed by atoms with Gasteiger partial charge in [0.05, 0.1) is 24.7 Å². The average Bonchev–Trinajstić information content (AvgIpc) is 2.40. The van der Waals surface area contributed by atoms with E-state index in [1.165, 1.54) is 11.1 Å². The molecule has 0 radical (unpaired) electrons. The lowest BCUT2D eigenvalue weighted by Crippen LogP contribution is -2.46. The number of carboxylic acids is 1. The van der Waals surface area contributed by atoms with E-state index in [1.807, 2.05) is 0 Å². The third kappa shape index (κ3) is 3.68. The van der Waals surface area contributed by atoms with Gasteiger partial charge in [-0.25, -0.2) is 4.98 Å². The molecule has 1 amide bonds. The summed E-state index contributed by atoms with van der Waals surface area (Å²) in [6.45, 7) is 0.939. The van der Waals surface area contributed by atoms with Gasteiger partial charge in [0.15, 0.2) is 0 Å². The largest absolute Gasteiger partial charge is 0.481 e. The number of halogens is 2. The lowest BCUT2D eigenvalue weighted by atomic mass is 10.1. The van der Waals surface area contributed by atoms with Crippen LogP contribution in [-0.4, -0.2) is 52.7 Å². The number of hydrogen-bond acceptors (Lipinski definition) is 4. The van der Waals surface area contributed by atoms with Crippen molar-refractivity contribution in [2.24, 2.45) is 0 Å². The monoisotopic (exact) mass is 362 g/mol. The van der Waals surface area contributed by atoms with Crippen molar-refractivity contribution in [2.75, 3.05) is 19.7 Å². The van der Waals surface area contributed by atoms with Crippen molar-refractivity contribution in [2.45, 2.75) is 12.5 Å². The quantitative estimate of drug-likeness (QED) is 0.829. The number of carboxylic acid groups (broad SMARTS) is 1. The average molecular weight is 364 g/mol. The molecule has 2 rings (SSSR count). The maximum Gasteiger partial charge on any atom is 0.306 e. The smallest absolute Gasteiger partial charge is 0.306 e. The zero-order valence-electron chi connectivity index (χ0n) is 10.4. The number of carbonyl (C=O) groups excluding carboxylic acids is 1. The molecule has 6 nitrogen and oxygen atoms in total. The maximum atomic E-state index is 12.4. The van der Waals surface area contributed by atoms with E-state index in [9.17, 15) is 9.59 Å². The van der Waals surface area contributed by atoms with Gasteiger partial charge >= 0.3 is 5.97 Å². The van der Waals surface area contributed by atoms with Crippen molar-refractivity contribution in [1.82, 2.24) is 9.88 Å². The minimum atomic E-state index is -0.952. The summed E-state index contributed by atoms with van der Waals surface area (Å²) in [4.78, 5) is 28.5. The summed E-state index contributed by atoms with van der Waals surface area (Å²) in [7, 11) is 0. The van der Waals surface area contributed by atoms with Crippen LogP contribution in [0.1, 0.15) is 16.8 Å². The predicted octanol–water partition coefficient (Wildman–Crippen LogP) is 1.81. The zero-order chi connectivity index (χ0) is 14.7. The number of aliphatic carboxylic acids is 1. The lowest BCUT2D eigenvalue weighted by molar-refractivity contribution is -0.141. The van der Waals surface area contributed by atoms with Crippen LogP contribution in [0.4, 0.5) is 0 Å². The van der Waals surface area contributed by atoms with Crippen molar-refractivity contribution in [3.05, 3.63) is 27.5 Å². The SMILES string of the molecule is O=C(O)CC1CN(C(=O)c2cc(Br)cnc2Cl)CCO1. The van der Waals surface area contributed by atoms with Gasteiger partial charge in [0.1, 0.15) is 5.15 Å². The van der Waals surface area contributed by atoms with Crippen molar-refractivity contribution in [1.29, 1.82) is 0 Å². The van der Waals surface area contributed by atoms with Crippen molar-refractivity contribution in [3.8, 4) is 0 Å². The minimum absolute atomic E-state index is 0.125. The summed E-state index contributed by atoms with van der Waals surface area (Å²) >= 11 is 9.17. The highest BCUT2D eigenvalue weighted by atomic mass is 79.9. The van der Waals surface area contributed by atoms with Gasteiger partial charge in [0.25, 0.3) is 5.91 Å². The van der Waals surface area contributed by atoms with E-state index in [-0.39, 0.29) is 29.6 Å². The molecule has 0 aromatic carbocycles. The molecule has 0 saturated carbocycles. The molecule has 0 aliphatic carbocycles. The van der Waals surface area contributed by atoms with E-state index < -0.39 is 12.1 Å². The van der Waals surface area contributed by atoms with Gasteiger partial charge < -0.3 is 14.7 Å². The Balaban J connectivity index is 2.12. The van der Waals surface area contributed by atoms with Gasteiger partial charge in [-0.05, 0) is 22.0 Å². The van der Waals surface area contributed by atoms with E-state index in [0.717, 1.165) is 0 Å². The van der Waals surface area contributed by atoms with Crippen LogP contribution in [0, 0.1) is 0 Å². The fourth-order valence-electron chi connectivity index (χ4n) is 1.96. The summed E-state index contributed by atoms with van der Waals surface area (Å²) in [5.41, 5.74) is 0.289. The molecule has 1 aromatic rings. The van der Waals surface area contributed by atoms with E-state index in [4.69, 9.17) is 21.4 Å². The molecule has 0 spiro atoms. The van der Waals surface area contributed by atoms with Crippen LogP contribution in [0.2, 0.25) is 5.15 Å². The molecule has 20 heavy (non-hydrogen) atoms. The van der Waals surface area contributed by atoms with Crippen LogP contribution in [-0.2, 0) is 9.53 Å². The summed E-state index contributed by atoms with van der Waals surface area (Å²) in [6, 6.07) is 1.60. The summed E-state index contributed by atoms with van der Waals surface area (Å²) < 4.78 is 5.98. The molecule has 1 atom stereocenters. The summed E-state index contributed by atoms with van der Waals surface area (Å²) in [5.74, 6) is -1.23. The lowest BCUT2D eigenvalue weighted by Gasteiger charge is -2.32. The summed E-state index contributed by atoms with van der Waals surface area (Å²) in [5, 5.41) is 8.89. The first-order valence-corrected chi connectivity index (χ1v) is 7.08. The number of nitrogens with zero attached hydrogens (tertiary/aromatic N) is 2. The van der Waals surface area contributed by atoms with Crippen molar-refractivity contribution >= 4 is 39.4 Å². The first kappa shape index (κ1) is 15.2. The standard InChI is InChI=1S/C12H12BrClN2O4/c13-7-3-9(11(14)15-5-7)12(19)16-1-2-20-8(6-16)4-10(17)18/h3,5,8H,1-2,4,6H2,(H,17,18).